The van der Waals surface area contributed by atoms with Crippen LogP contribution in [0.4, 0.5) is 11.8 Å². The SMILES string of the molecule is CCN(CCCO)c1ccnc(N)n1. The second-order valence-corrected chi connectivity index (χ2v) is 2.93. The summed E-state index contributed by atoms with van der Waals surface area (Å²) in [7, 11) is 0. The topological polar surface area (TPSA) is 75.3 Å². The van der Waals surface area contributed by atoms with Gasteiger partial charge >= 0.3 is 0 Å². The van der Waals surface area contributed by atoms with Gasteiger partial charge in [-0.3, -0.25) is 0 Å². The van der Waals surface area contributed by atoms with Crippen molar-refractivity contribution < 1.29 is 5.11 Å². The standard InChI is InChI=1S/C9H16N4O/c1-2-13(6-3-7-14)8-4-5-11-9(10)12-8/h4-5,14H,2-3,6-7H2,1H3,(H2,10,11,12). The highest BCUT2D eigenvalue weighted by Gasteiger charge is 2.05. The molecule has 0 aliphatic rings. The molecule has 0 unspecified atom stereocenters. The second-order valence-electron chi connectivity index (χ2n) is 2.93. The molecule has 1 aromatic heterocycles. The molecule has 1 aromatic rings. The first-order valence-electron chi connectivity index (χ1n) is 4.72. The lowest BCUT2D eigenvalue weighted by Crippen LogP contribution is -2.25. The van der Waals surface area contributed by atoms with Crippen molar-refractivity contribution in [1.82, 2.24) is 9.97 Å². The van der Waals surface area contributed by atoms with Crippen LogP contribution in [0, 0.1) is 0 Å². The van der Waals surface area contributed by atoms with Gasteiger partial charge in [-0.25, -0.2) is 4.98 Å². The molecule has 5 heteroatoms. The molecular formula is C9H16N4O. The van der Waals surface area contributed by atoms with Crippen molar-refractivity contribution in [3.8, 4) is 0 Å². The van der Waals surface area contributed by atoms with E-state index in [0.717, 1.165) is 25.3 Å². The van der Waals surface area contributed by atoms with E-state index in [0.29, 0.717) is 0 Å². The molecule has 14 heavy (non-hydrogen) atoms. The van der Waals surface area contributed by atoms with Crippen LogP contribution in [0.15, 0.2) is 12.3 Å². The number of hydrogen-bond acceptors (Lipinski definition) is 5. The van der Waals surface area contributed by atoms with E-state index in [1.54, 1.807) is 6.20 Å². The predicted octanol–water partition coefficient (Wildman–Crippen LogP) is 0.268. The number of rotatable bonds is 5. The highest BCUT2D eigenvalue weighted by atomic mass is 16.3. The molecule has 0 aliphatic carbocycles. The number of aliphatic hydroxyl groups is 1. The predicted molar refractivity (Wildman–Crippen MR) is 56.0 cm³/mol. The Morgan fingerprint density at radius 3 is 2.93 bits per heavy atom. The Labute approximate surface area is 83.6 Å². The van der Waals surface area contributed by atoms with Gasteiger partial charge in [0.2, 0.25) is 5.95 Å². The molecule has 0 spiro atoms. The minimum Gasteiger partial charge on any atom is -0.396 e. The lowest BCUT2D eigenvalue weighted by molar-refractivity contribution is 0.289. The van der Waals surface area contributed by atoms with Gasteiger partial charge in [0, 0.05) is 25.9 Å². The van der Waals surface area contributed by atoms with E-state index in [2.05, 4.69) is 9.97 Å². The molecule has 0 saturated carbocycles. The van der Waals surface area contributed by atoms with Gasteiger partial charge in [-0.05, 0) is 19.4 Å². The Bertz CT molecular complexity index is 279. The van der Waals surface area contributed by atoms with E-state index in [1.165, 1.54) is 0 Å². The largest absolute Gasteiger partial charge is 0.396 e. The zero-order chi connectivity index (χ0) is 10.4. The molecule has 0 radical (unpaired) electrons. The van der Waals surface area contributed by atoms with Crippen LogP contribution in [-0.2, 0) is 0 Å². The number of aliphatic hydroxyl groups excluding tert-OH is 1. The molecular weight excluding hydrogens is 180 g/mol. The zero-order valence-corrected chi connectivity index (χ0v) is 8.35. The van der Waals surface area contributed by atoms with Crippen LogP contribution in [-0.4, -0.2) is 34.8 Å². The Hall–Kier alpha value is -1.36. The molecule has 0 bridgehead atoms. The van der Waals surface area contributed by atoms with Gasteiger partial charge in [0.15, 0.2) is 0 Å². The highest BCUT2D eigenvalue weighted by molar-refractivity contribution is 5.40. The monoisotopic (exact) mass is 196 g/mol. The van der Waals surface area contributed by atoms with Gasteiger partial charge in [0.25, 0.3) is 0 Å². The maximum Gasteiger partial charge on any atom is 0.221 e. The average molecular weight is 196 g/mol. The molecule has 3 N–H and O–H groups in total. The fourth-order valence-corrected chi connectivity index (χ4v) is 1.24. The van der Waals surface area contributed by atoms with Crippen molar-refractivity contribution in [3.63, 3.8) is 0 Å². The number of nitrogens with zero attached hydrogens (tertiary/aromatic N) is 3. The summed E-state index contributed by atoms with van der Waals surface area (Å²) in [6.45, 7) is 3.85. The van der Waals surface area contributed by atoms with Crippen LogP contribution in [0.5, 0.6) is 0 Å². The lowest BCUT2D eigenvalue weighted by atomic mass is 10.4. The molecule has 78 valence electrons. The van der Waals surface area contributed by atoms with Crippen molar-refractivity contribution in [2.24, 2.45) is 0 Å². The number of nitrogen functional groups attached to an aromatic ring is 1. The van der Waals surface area contributed by atoms with Crippen molar-refractivity contribution in [3.05, 3.63) is 12.3 Å². The van der Waals surface area contributed by atoms with Crippen LogP contribution in [0.2, 0.25) is 0 Å². The summed E-state index contributed by atoms with van der Waals surface area (Å²) in [5, 5.41) is 8.73. The van der Waals surface area contributed by atoms with Crippen LogP contribution >= 0.6 is 0 Å². The van der Waals surface area contributed by atoms with E-state index < -0.39 is 0 Å². The highest BCUT2D eigenvalue weighted by Crippen LogP contribution is 2.10. The molecule has 0 fully saturated rings. The van der Waals surface area contributed by atoms with Crippen molar-refractivity contribution >= 4 is 11.8 Å². The van der Waals surface area contributed by atoms with Crippen LogP contribution in [0.1, 0.15) is 13.3 Å². The maximum absolute atomic E-state index is 8.73. The third-order valence-electron chi connectivity index (χ3n) is 1.95. The molecule has 1 heterocycles. The van der Waals surface area contributed by atoms with E-state index in [4.69, 9.17) is 10.8 Å². The summed E-state index contributed by atoms with van der Waals surface area (Å²) < 4.78 is 0. The number of anilines is 2. The second kappa shape index (κ2) is 5.39. The van der Waals surface area contributed by atoms with Crippen molar-refractivity contribution in [1.29, 1.82) is 0 Å². The third kappa shape index (κ3) is 2.85. The molecule has 0 amide bonds. The van der Waals surface area contributed by atoms with Gasteiger partial charge in [0.1, 0.15) is 5.82 Å². The van der Waals surface area contributed by atoms with E-state index in [1.807, 2.05) is 17.9 Å². The van der Waals surface area contributed by atoms with Gasteiger partial charge in [0.05, 0.1) is 0 Å². The summed E-state index contributed by atoms with van der Waals surface area (Å²) in [4.78, 5) is 9.99. The van der Waals surface area contributed by atoms with Gasteiger partial charge in [-0.1, -0.05) is 0 Å². The van der Waals surface area contributed by atoms with E-state index in [9.17, 15) is 0 Å². The summed E-state index contributed by atoms with van der Waals surface area (Å²) in [6.07, 6.45) is 2.37. The fraction of sp³-hybridized carbons (Fsp3) is 0.556. The Balaban J connectivity index is 2.68. The van der Waals surface area contributed by atoms with Gasteiger partial charge in [-0.15, -0.1) is 0 Å². The van der Waals surface area contributed by atoms with Crippen LogP contribution in [0.3, 0.4) is 0 Å². The Morgan fingerprint density at radius 2 is 2.36 bits per heavy atom. The van der Waals surface area contributed by atoms with E-state index >= 15 is 0 Å². The molecule has 5 nitrogen and oxygen atoms in total. The molecule has 0 aliphatic heterocycles. The van der Waals surface area contributed by atoms with Crippen LogP contribution < -0.4 is 10.6 Å². The quantitative estimate of drug-likeness (QED) is 0.707. The number of hydrogen-bond donors (Lipinski definition) is 2. The minimum atomic E-state index is 0.192. The first kappa shape index (κ1) is 10.7. The Morgan fingerprint density at radius 1 is 1.57 bits per heavy atom. The van der Waals surface area contributed by atoms with Gasteiger partial charge < -0.3 is 15.7 Å². The lowest BCUT2D eigenvalue weighted by Gasteiger charge is -2.21. The summed E-state index contributed by atoms with van der Waals surface area (Å²) >= 11 is 0. The molecule has 0 atom stereocenters. The van der Waals surface area contributed by atoms with Crippen molar-refractivity contribution in [2.45, 2.75) is 13.3 Å². The first-order chi connectivity index (χ1) is 6.77. The van der Waals surface area contributed by atoms with Gasteiger partial charge in [-0.2, -0.15) is 4.98 Å². The van der Waals surface area contributed by atoms with E-state index in [-0.39, 0.29) is 12.6 Å². The fourth-order valence-electron chi connectivity index (χ4n) is 1.24. The zero-order valence-electron chi connectivity index (χ0n) is 8.35. The average Bonchev–Trinajstić information content (AvgIpc) is 2.19. The number of aromatic nitrogens is 2. The maximum atomic E-state index is 8.73. The minimum absolute atomic E-state index is 0.192. The normalized spacial score (nSPS) is 10.1. The summed E-state index contributed by atoms with van der Waals surface area (Å²) in [5.74, 6) is 1.10. The Kier molecular flexibility index (Phi) is 4.12. The van der Waals surface area contributed by atoms with Crippen LogP contribution in [0.25, 0.3) is 0 Å². The third-order valence-corrected chi connectivity index (χ3v) is 1.95. The van der Waals surface area contributed by atoms with Crippen molar-refractivity contribution in [2.75, 3.05) is 30.3 Å². The molecule has 0 saturated heterocycles. The molecule has 1 rings (SSSR count). The number of nitrogens with two attached hydrogens (primary N) is 1. The molecule has 0 aromatic carbocycles. The summed E-state index contributed by atoms with van der Waals surface area (Å²) in [5.41, 5.74) is 5.48. The summed E-state index contributed by atoms with van der Waals surface area (Å²) in [6, 6.07) is 1.82. The first-order valence-corrected chi connectivity index (χ1v) is 4.72. The smallest absolute Gasteiger partial charge is 0.221 e.